The van der Waals surface area contributed by atoms with Crippen LogP contribution in [0.2, 0.25) is 0 Å². The van der Waals surface area contributed by atoms with Gasteiger partial charge in [0.2, 0.25) is 0 Å². The first-order chi connectivity index (χ1) is 10.0. The fourth-order valence-electron chi connectivity index (χ4n) is 3.36. The summed E-state index contributed by atoms with van der Waals surface area (Å²) >= 11 is 1.76. The summed E-state index contributed by atoms with van der Waals surface area (Å²) < 4.78 is 30.4. The largest absolute Gasteiger partial charge is 0.381 e. The average molecular weight is 337 g/mol. The van der Waals surface area contributed by atoms with Crippen LogP contribution >= 0.6 is 11.8 Å². The molecule has 2 fully saturated rings. The second kappa shape index (κ2) is 7.64. The van der Waals surface area contributed by atoms with E-state index >= 15 is 0 Å². The van der Waals surface area contributed by atoms with Gasteiger partial charge in [-0.2, -0.15) is 11.8 Å². The summed E-state index contributed by atoms with van der Waals surface area (Å²) in [6, 6.07) is 0. The van der Waals surface area contributed by atoms with Crippen LogP contribution in [-0.4, -0.2) is 75.8 Å². The molecule has 2 heterocycles. The quantitative estimate of drug-likeness (QED) is 0.775. The van der Waals surface area contributed by atoms with Crippen molar-refractivity contribution in [3.63, 3.8) is 0 Å². The van der Waals surface area contributed by atoms with Crippen LogP contribution in [0.4, 0.5) is 0 Å². The Morgan fingerprint density at radius 2 is 2.29 bits per heavy atom. The Kier molecular flexibility index (Phi) is 6.38. The van der Waals surface area contributed by atoms with Crippen LogP contribution in [0.25, 0.3) is 0 Å². The van der Waals surface area contributed by atoms with Crippen molar-refractivity contribution in [3.05, 3.63) is 0 Å². The number of hydrogen-bond donors (Lipinski definition) is 1. The molecule has 0 bridgehead atoms. The molecule has 0 aromatic carbocycles. The third-order valence-corrected chi connectivity index (χ3v) is 7.83. The van der Waals surface area contributed by atoms with Gasteiger partial charge in [-0.25, -0.2) is 8.42 Å². The van der Waals surface area contributed by atoms with E-state index in [1.807, 2.05) is 7.05 Å². The van der Waals surface area contributed by atoms with Crippen LogP contribution < -0.4 is 5.32 Å². The van der Waals surface area contributed by atoms with E-state index in [-0.39, 0.29) is 16.5 Å². The predicted molar refractivity (Wildman–Crippen MR) is 88.6 cm³/mol. The van der Waals surface area contributed by atoms with Crippen LogP contribution in [0, 0.1) is 5.41 Å². The molecule has 2 rings (SSSR count). The first kappa shape index (κ1) is 17.5. The van der Waals surface area contributed by atoms with E-state index < -0.39 is 9.84 Å². The molecule has 7 heteroatoms. The summed E-state index contributed by atoms with van der Waals surface area (Å²) in [5.74, 6) is 1.95. The standard InChI is InChI=1S/C14H28N2O3S2/c1-3-21(17,18)13-9-20-8-6-16(13)11-14(10-15-2)5-4-7-19-12-14/h13,15H,3-12H2,1-2H3. The molecule has 124 valence electrons. The Morgan fingerprint density at radius 1 is 1.48 bits per heavy atom. The first-order valence-corrected chi connectivity index (χ1v) is 10.7. The lowest BCUT2D eigenvalue weighted by atomic mass is 9.81. The first-order valence-electron chi connectivity index (χ1n) is 7.79. The zero-order valence-corrected chi connectivity index (χ0v) is 14.8. The van der Waals surface area contributed by atoms with E-state index in [0.29, 0.717) is 5.75 Å². The van der Waals surface area contributed by atoms with E-state index in [9.17, 15) is 8.42 Å². The maximum Gasteiger partial charge on any atom is 0.166 e. The molecule has 2 saturated heterocycles. The van der Waals surface area contributed by atoms with Gasteiger partial charge in [-0.05, 0) is 19.9 Å². The third kappa shape index (κ3) is 4.34. The van der Waals surface area contributed by atoms with Gasteiger partial charge in [-0.15, -0.1) is 0 Å². The molecule has 0 aliphatic carbocycles. The van der Waals surface area contributed by atoms with Crippen LogP contribution in [-0.2, 0) is 14.6 Å². The highest BCUT2D eigenvalue weighted by molar-refractivity contribution is 8.01. The summed E-state index contributed by atoms with van der Waals surface area (Å²) in [5.41, 5.74) is 0.0521. The highest BCUT2D eigenvalue weighted by atomic mass is 32.2. The Bertz CT molecular complexity index is 416. The predicted octanol–water partition coefficient (Wildman–Crippen LogP) is 0.812. The van der Waals surface area contributed by atoms with Crippen molar-refractivity contribution in [2.24, 2.45) is 5.41 Å². The van der Waals surface area contributed by atoms with Gasteiger partial charge in [0.15, 0.2) is 9.84 Å². The number of nitrogens with zero attached hydrogens (tertiary/aromatic N) is 1. The van der Waals surface area contributed by atoms with E-state index in [2.05, 4.69) is 10.2 Å². The zero-order valence-electron chi connectivity index (χ0n) is 13.1. The summed E-state index contributed by atoms with van der Waals surface area (Å²) in [6.45, 7) is 5.88. The minimum Gasteiger partial charge on any atom is -0.381 e. The second-order valence-corrected chi connectivity index (χ2v) is 9.74. The Hall–Kier alpha value is 0.180. The molecule has 21 heavy (non-hydrogen) atoms. The second-order valence-electron chi connectivity index (χ2n) is 6.14. The lowest BCUT2D eigenvalue weighted by molar-refractivity contribution is -0.0260. The SMILES string of the molecule is CCS(=O)(=O)C1CSCCN1CC1(CNC)CCCOC1. The molecular weight excluding hydrogens is 308 g/mol. The molecule has 0 spiro atoms. The maximum absolute atomic E-state index is 12.4. The molecule has 0 radical (unpaired) electrons. The van der Waals surface area contributed by atoms with Crippen LogP contribution in [0.15, 0.2) is 0 Å². The van der Waals surface area contributed by atoms with Crippen molar-refractivity contribution in [2.75, 3.05) is 57.2 Å². The molecule has 0 aromatic rings. The lowest BCUT2D eigenvalue weighted by Crippen LogP contribution is -2.55. The number of thioether (sulfide) groups is 1. The minimum absolute atomic E-state index is 0.0521. The fraction of sp³-hybridized carbons (Fsp3) is 1.00. The van der Waals surface area contributed by atoms with Crippen LogP contribution in [0.3, 0.4) is 0 Å². The van der Waals surface area contributed by atoms with Crippen molar-refractivity contribution >= 4 is 21.6 Å². The molecule has 1 N–H and O–H groups in total. The topological polar surface area (TPSA) is 58.6 Å². The van der Waals surface area contributed by atoms with Crippen molar-refractivity contribution in [2.45, 2.75) is 25.1 Å². The summed E-state index contributed by atoms with van der Waals surface area (Å²) in [4.78, 5) is 2.20. The molecular formula is C14H28N2O3S2. The van der Waals surface area contributed by atoms with E-state index in [0.717, 1.165) is 51.4 Å². The Balaban J connectivity index is 2.13. The summed E-state index contributed by atoms with van der Waals surface area (Å²) in [7, 11) is -1.06. The van der Waals surface area contributed by atoms with Crippen molar-refractivity contribution < 1.29 is 13.2 Å². The van der Waals surface area contributed by atoms with Crippen molar-refractivity contribution in [1.82, 2.24) is 10.2 Å². The molecule has 0 amide bonds. The molecule has 2 aliphatic rings. The number of hydrogen-bond acceptors (Lipinski definition) is 6. The van der Waals surface area contributed by atoms with E-state index in [1.165, 1.54) is 0 Å². The van der Waals surface area contributed by atoms with Gasteiger partial charge in [0.1, 0.15) is 5.37 Å². The highest BCUT2D eigenvalue weighted by Crippen LogP contribution is 2.32. The smallest absolute Gasteiger partial charge is 0.166 e. The highest BCUT2D eigenvalue weighted by Gasteiger charge is 2.40. The van der Waals surface area contributed by atoms with Gasteiger partial charge in [0, 0.05) is 48.9 Å². The number of rotatable bonds is 6. The number of ether oxygens (including phenoxy) is 1. The molecule has 0 aromatic heterocycles. The number of nitrogens with one attached hydrogen (secondary N) is 1. The maximum atomic E-state index is 12.4. The summed E-state index contributed by atoms with van der Waals surface area (Å²) in [6.07, 6.45) is 2.17. The van der Waals surface area contributed by atoms with Crippen molar-refractivity contribution in [1.29, 1.82) is 0 Å². The Morgan fingerprint density at radius 3 is 2.90 bits per heavy atom. The molecule has 2 aliphatic heterocycles. The van der Waals surface area contributed by atoms with Crippen LogP contribution in [0.5, 0.6) is 0 Å². The minimum atomic E-state index is -3.02. The Labute approximate surface area is 133 Å². The molecule has 0 saturated carbocycles. The van der Waals surface area contributed by atoms with Gasteiger partial charge in [0.05, 0.1) is 6.61 Å². The zero-order chi connectivity index (χ0) is 15.3. The van der Waals surface area contributed by atoms with Gasteiger partial charge in [0.25, 0.3) is 0 Å². The van der Waals surface area contributed by atoms with E-state index in [1.54, 1.807) is 18.7 Å². The van der Waals surface area contributed by atoms with Gasteiger partial charge in [-0.1, -0.05) is 6.92 Å². The average Bonchev–Trinajstić information content (AvgIpc) is 2.49. The lowest BCUT2D eigenvalue weighted by Gasteiger charge is -2.44. The third-order valence-electron chi connectivity index (χ3n) is 4.50. The van der Waals surface area contributed by atoms with Crippen molar-refractivity contribution in [3.8, 4) is 0 Å². The monoisotopic (exact) mass is 336 g/mol. The van der Waals surface area contributed by atoms with Crippen LogP contribution in [0.1, 0.15) is 19.8 Å². The normalized spacial score (nSPS) is 32.2. The molecule has 2 atom stereocenters. The van der Waals surface area contributed by atoms with E-state index in [4.69, 9.17) is 4.74 Å². The fourth-order valence-corrected chi connectivity index (χ4v) is 6.44. The van der Waals surface area contributed by atoms with Gasteiger partial charge in [-0.3, -0.25) is 4.90 Å². The summed E-state index contributed by atoms with van der Waals surface area (Å²) in [5, 5.41) is 2.95. The molecule has 2 unspecified atom stereocenters. The van der Waals surface area contributed by atoms with Gasteiger partial charge >= 0.3 is 0 Å². The number of sulfone groups is 1. The van der Waals surface area contributed by atoms with Gasteiger partial charge < -0.3 is 10.1 Å². The molecule has 5 nitrogen and oxygen atoms in total.